The molecule has 0 aliphatic carbocycles. The van der Waals surface area contributed by atoms with Crippen LogP contribution in [0.4, 0.5) is 4.39 Å². The molecule has 0 heterocycles. The SMILES string of the molecule is COc1cc(F)ccc1-c1c(C(N)=NO)cccc1-c1ccc(O)cc1. The maximum absolute atomic E-state index is 13.6. The highest BCUT2D eigenvalue weighted by atomic mass is 19.1. The van der Waals surface area contributed by atoms with Gasteiger partial charge in [-0.15, -0.1) is 0 Å². The van der Waals surface area contributed by atoms with Crippen LogP contribution < -0.4 is 10.5 Å². The number of hydrogen-bond donors (Lipinski definition) is 3. The van der Waals surface area contributed by atoms with Crippen molar-refractivity contribution >= 4 is 5.84 Å². The summed E-state index contributed by atoms with van der Waals surface area (Å²) in [5.74, 6) is -0.0458. The second kappa shape index (κ2) is 7.14. The molecule has 0 fully saturated rings. The van der Waals surface area contributed by atoms with Gasteiger partial charge in [-0.25, -0.2) is 4.39 Å². The third kappa shape index (κ3) is 3.17. The van der Waals surface area contributed by atoms with Crippen molar-refractivity contribution in [2.24, 2.45) is 10.9 Å². The highest BCUT2D eigenvalue weighted by molar-refractivity contribution is 6.07. The topological polar surface area (TPSA) is 88.1 Å². The average molecular weight is 352 g/mol. The molecule has 0 aliphatic rings. The Morgan fingerprint density at radius 2 is 1.77 bits per heavy atom. The van der Waals surface area contributed by atoms with Gasteiger partial charge in [0.25, 0.3) is 0 Å². The highest BCUT2D eigenvalue weighted by Crippen LogP contribution is 2.40. The molecule has 0 radical (unpaired) electrons. The van der Waals surface area contributed by atoms with E-state index in [-0.39, 0.29) is 11.6 Å². The van der Waals surface area contributed by atoms with Gasteiger partial charge in [-0.05, 0) is 35.4 Å². The van der Waals surface area contributed by atoms with Crippen molar-refractivity contribution in [1.29, 1.82) is 0 Å². The van der Waals surface area contributed by atoms with Gasteiger partial charge in [0.2, 0.25) is 0 Å². The third-order valence-electron chi connectivity index (χ3n) is 4.06. The zero-order valence-electron chi connectivity index (χ0n) is 14.0. The molecule has 3 aromatic rings. The number of ether oxygens (including phenoxy) is 1. The van der Waals surface area contributed by atoms with E-state index < -0.39 is 5.82 Å². The van der Waals surface area contributed by atoms with Gasteiger partial charge in [0.1, 0.15) is 17.3 Å². The van der Waals surface area contributed by atoms with E-state index in [9.17, 15) is 9.50 Å². The molecule has 0 aliphatic heterocycles. The standard InChI is InChI=1S/C20H17FN2O3/c1-26-18-11-13(21)7-10-16(18)19-15(12-5-8-14(24)9-6-12)3-2-4-17(19)20(22)23-25/h2-11,24-25H,1H3,(H2,22,23). The van der Waals surface area contributed by atoms with E-state index in [0.29, 0.717) is 22.4 Å². The van der Waals surface area contributed by atoms with Gasteiger partial charge in [-0.2, -0.15) is 0 Å². The maximum Gasteiger partial charge on any atom is 0.170 e. The van der Waals surface area contributed by atoms with Crippen molar-refractivity contribution in [2.45, 2.75) is 0 Å². The van der Waals surface area contributed by atoms with Crippen molar-refractivity contribution < 1.29 is 19.4 Å². The van der Waals surface area contributed by atoms with E-state index in [1.165, 1.54) is 19.2 Å². The van der Waals surface area contributed by atoms with Crippen molar-refractivity contribution in [3.63, 3.8) is 0 Å². The number of methoxy groups -OCH3 is 1. The monoisotopic (exact) mass is 352 g/mol. The molecule has 0 saturated heterocycles. The number of phenols is 1. The Morgan fingerprint density at radius 1 is 1.04 bits per heavy atom. The smallest absolute Gasteiger partial charge is 0.170 e. The van der Waals surface area contributed by atoms with Crippen LogP contribution in [0.25, 0.3) is 22.3 Å². The number of nitrogens with two attached hydrogens (primary N) is 1. The minimum Gasteiger partial charge on any atom is -0.508 e. The van der Waals surface area contributed by atoms with E-state index >= 15 is 0 Å². The Labute approximate surface area is 149 Å². The number of hydrogen-bond acceptors (Lipinski definition) is 4. The zero-order valence-corrected chi connectivity index (χ0v) is 14.0. The molecular weight excluding hydrogens is 335 g/mol. The fourth-order valence-corrected chi connectivity index (χ4v) is 2.86. The highest BCUT2D eigenvalue weighted by Gasteiger charge is 2.19. The molecule has 132 valence electrons. The number of phenolic OH excluding ortho intramolecular Hbond substituents is 1. The van der Waals surface area contributed by atoms with Crippen LogP contribution in [0.1, 0.15) is 5.56 Å². The van der Waals surface area contributed by atoms with Gasteiger partial charge >= 0.3 is 0 Å². The van der Waals surface area contributed by atoms with E-state index in [4.69, 9.17) is 15.7 Å². The lowest BCUT2D eigenvalue weighted by atomic mass is 9.89. The zero-order chi connectivity index (χ0) is 18.7. The third-order valence-corrected chi connectivity index (χ3v) is 4.06. The van der Waals surface area contributed by atoms with Gasteiger partial charge in [0.05, 0.1) is 7.11 Å². The largest absolute Gasteiger partial charge is 0.508 e. The Balaban J connectivity index is 2.36. The Bertz CT molecular complexity index is 969. The van der Waals surface area contributed by atoms with Crippen LogP contribution in [0, 0.1) is 5.82 Å². The number of aromatic hydroxyl groups is 1. The molecule has 5 nitrogen and oxygen atoms in total. The maximum atomic E-state index is 13.6. The molecular formula is C20H17FN2O3. The van der Waals surface area contributed by atoms with Gasteiger partial charge in [-0.3, -0.25) is 0 Å². The van der Waals surface area contributed by atoms with Crippen LogP contribution in [-0.4, -0.2) is 23.3 Å². The first-order chi connectivity index (χ1) is 12.5. The van der Waals surface area contributed by atoms with Crippen LogP contribution in [0.3, 0.4) is 0 Å². The van der Waals surface area contributed by atoms with Crippen LogP contribution in [0.15, 0.2) is 65.8 Å². The molecule has 0 unspecified atom stereocenters. The molecule has 26 heavy (non-hydrogen) atoms. The van der Waals surface area contributed by atoms with E-state index in [1.807, 2.05) is 6.07 Å². The molecule has 0 atom stereocenters. The number of amidine groups is 1. The molecule has 0 bridgehead atoms. The predicted molar refractivity (Wildman–Crippen MR) is 98.0 cm³/mol. The number of nitrogens with zero attached hydrogens (tertiary/aromatic N) is 1. The first-order valence-electron chi connectivity index (χ1n) is 7.79. The van der Waals surface area contributed by atoms with Crippen LogP contribution in [0.5, 0.6) is 11.5 Å². The van der Waals surface area contributed by atoms with Gasteiger partial charge in [-0.1, -0.05) is 35.5 Å². The summed E-state index contributed by atoms with van der Waals surface area (Å²) in [6.45, 7) is 0. The second-order valence-corrected chi connectivity index (χ2v) is 5.60. The van der Waals surface area contributed by atoms with E-state index in [0.717, 1.165) is 11.1 Å². The molecule has 0 aromatic heterocycles. The van der Waals surface area contributed by atoms with Crippen molar-refractivity contribution in [1.82, 2.24) is 0 Å². The number of oxime groups is 1. The molecule has 0 amide bonds. The van der Waals surface area contributed by atoms with Gasteiger partial charge in [0.15, 0.2) is 5.84 Å². The molecule has 3 rings (SSSR count). The normalized spacial score (nSPS) is 11.4. The summed E-state index contributed by atoms with van der Waals surface area (Å²) in [6, 6.07) is 16.2. The molecule has 0 saturated carbocycles. The quantitative estimate of drug-likeness (QED) is 0.287. The van der Waals surface area contributed by atoms with Crippen LogP contribution >= 0.6 is 0 Å². The number of halogens is 1. The Hall–Kier alpha value is -3.54. The van der Waals surface area contributed by atoms with Gasteiger partial charge < -0.3 is 20.8 Å². The lowest BCUT2D eigenvalue weighted by molar-refractivity contribution is 0.318. The summed E-state index contributed by atoms with van der Waals surface area (Å²) >= 11 is 0. The molecule has 3 aromatic carbocycles. The summed E-state index contributed by atoms with van der Waals surface area (Å²) in [6.07, 6.45) is 0. The number of benzene rings is 3. The Kier molecular flexibility index (Phi) is 4.75. The number of rotatable bonds is 4. The predicted octanol–water partition coefficient (Wildman–Crippen LogP) is 3.97. The van der Waals surface area contributed by atoms with E-state index in [2.05, 4.69) is 5.16 Å². The summed E-state index contributed by atoms with van der Waals surface area (Å²) < 4.78 is 19.0. The lowest BCUT2D eigenvalue weighted by Crippen LogP contribution is -2.15. The van der Waals surface area contributed by atoms with Crippen LogP contribution in [-0.2, 0) is 0 Å². The summed E-state index contributed by atoms with van der Waals surface area (Å²) in [4.78, 5) is 0. The lowest BCUT2D eigenvalue weighted by Gasteiger charge is -2.17. The Morgan fingerprint density at radius 3 is 2.42 bits per heavy atom. The van der Waals surface area contributed by atoms with Gasteiger partial charge in [0, 0.05) is 22.8 Å². The van der Waals surface area contributed by atoms with Crippen molar-refractivity contribution in [3.8, 4) is 33.8 Å². The van der Waals surface area contributed by atoms with Crippen molar-refractivity contribution in [2.75, 3.05) is 7.11 Å². The summed E-state index contributed by atoms with van der Waals surface area (Å²) in [5.41, 5.74) is 9.14. The van der Waals surface area contributed by atoms with Crippen LogP contribution in [0.2, 0.25) is 0 Å². The molecule has 0 spiro atoms. The minimum absolute atomic E-state index is 0.0768. The second-order valence-electron chi connectivity index (χ2n) is 5.60. The average Bonchev–Trinajstić information content (AvgIpc) is 2.67. The molecule has 4 N–H and O–H groups in total. The van der Waals surface area contributed by atoms with E-state index in [1.54, 1.807) is 42.5 Å². The minimum atomic E-state index is -0.432. The fourth-order valence-electron chi connectivity index (χ4n) is 2.86. The van der Waals surface area contributed by atoms with Crippen molar-refractivity contribution in [3.05, 3.63) is 72.0 Å². The first kappa shape index (κ1) is 17.3. The first-order valence-corrected chi connectivity index (χ1v) is 7.79. The summed E-state index contributed by atoms with van der Waals surface area (Å²) in [7, 11) is 1.45. The molecule has 6 heteroatoms. The summed E-state index contributed by atoms with van der Waals surface area (Å²) in [5, 5.41) is 21.8. The fraction of sp³-hybridized carbons (Fsp3) is 0.0500.